The fourth-order valence-electron chi connectivity index (χ4n) is 5.77. The normalized spacial score (nSPS) is 31.0. The number of nitrogens with zero attached hydrogens (tertiary/aromatic N) is 2. The van der Waals surface area contributed by atoms with Crippen LogP contribution in [0.1, 0.15) is 30.4 Å². The van der Waals surface area contributed by atoms with E-state index < -0.39 is 0 Å². The molecule has 3 aliphatic rings. The topological polar surface area (TPSA) is 50.9 Å². The third kappa shape index (κ3) is 2.44. The molecule has 1 fully saturated rings. The first-order valence-corrected chi connectivity index (χ1v) is 10.3. The van der Waals surface area contributed by atoms with Gasteiger partial charge in [0.1, 0.15) is 0 Å². The summed E-state index contributed by atoms with van der Waals surface area (Å²) in [5.74, 6) is 0.661. The minimum absolute atomic E-state index is 0.0620. The lowest BCUT2D eigenvalue weighted by molar-refractivity contribution is -0.00294. The largest absolute Gasteiger partial charge is 0.381 e. The van der Waals surface area contributed by atoms with Crippen molar-refractivity contribution in [2.75, 3.05) is 20.7 Å². The standard InChI is InChI=1S/C23H26ClN3O/c1-27-14-22-13-19(28-2)8-9-23(22,26-21(27)25)12-17-7-6-16(11-20(17)22)15-4-3-5-18(24)10-15/h3-7,10-11,19H,8-9,12-14H2,1-2H3,(H2,25,26). The van der Waals surface area contributed by atoms with Gasteiger partial charge < -0.3 is 15.4 Å². The van der Waals surface area contributed by atoms with Gasteiger partial charge in [-0.25, -0.2) is 4.99 Å². The van der Waals surface area contributed by atoms with Crippen LogP contribution in [0.15, 0.2) is 47.5 Å². The molecule has 0 radical (unpaired) electrons. The molecule has 4 nitrogen and oxygen atoms in total. The minimum Gasteiger partial charge on any atom is -0.381 e. The highest BCUT2D eigenvalue weighted by Crippen LogP contribution is 2.58. The molecule has 3 unspecified atom stereocenters. The van der Waals surface area contributed by atoms with Gasteiger partial charge in [0.2, 0.25) is 0 Å². The molecule has 5 heteroatoms. The Labute approximate surface area is 171 Å². The molecular formula is C23H26ClN3O. The first kappa shape index (κ1) is 18.0. The van der Waals surface area contributed by atoms with Crippen molar-refractivity contribution in [3.8, 4) is 11.1 Å². The third-order valence-corrected chi connectivity index (χ3v) is 7.41. The zero-order chi connectivity index (χ0) is 19.5. The van der Waals surface area contributed by atoms with Crippen molar-refractivity contribution in [2.45, 2.75) is 42.7 Å². The molecule has 146 valence electrons. The van der Waals surface area contributed by atoms with E-state index in [0.717, 1.165) is 42.8 Å². The summed E-state index contributed by atoms with van der Waals surface area (Å²) >= 11 is 6.25. The number of hydrogen-bond acceptors (Lipinski definition) is 4. The van der Waals surface area contributed by atoms with E-state index in [9.17, 15) is 0 Å². The molecule has 3 atom stereocenters. The maximum absolute atomic E-state index is 6.30. The summed E-state index contributed by atoms with van der Waals surface area (Å²) in [6, 6.07) is 14.9. The summed E-state index contributed by atoms with van der Waals surface area (Å²) in [5.41, 5.74) is 11.3. The van der Waals surface area contributed by atoms with E-state index in [0.29, 0.717) is 5.96 Å². The van der Waals surface area contributed by atoms with Crippen molar-refractivity contribution in [1.82, 2.24) is 4.90 Å². The van der Waals surface area contributed by atoms with Gasteiger partial charge in [0, 0.05) is 31.1 Å². The van der Waals surface area contributed by atoms with Crippen molar-refractivity contribution >= 4 is 17.6 Å². The fourth-order valence-corrected chi connectivity index (χ4v) is 5.96. The summed E-state index contributed by atoms with van der Waals surface area (Å²) in [6.45, 7) is 0.883. The Bertz CT molecular complexity index is 974. The summed E-state index contributed by atoms with van der Waals surface area (Å²) < 4.78 is 5.83. The van der Waals surface area contributed by atoms with E-state index in [1.165, 1.54) is 16.7 Å². The number of aliphatic imine (C=N–C) groups is 1. The maximum atomic E-state index is 6.30. The van der Waals surface area contributed by atoms with Gasteiger partial charge in [-0.1, -0.05) is 41.9 Å². The van der Waals surface area contributed by atoms with Crippen LogP contribution in [0.5, 0.6) is 0 Å². The molecule has 0 saturated heterocycles. The van der Waals surface area contributed by atoms with Crippen LogP contribution in [0.25, 0.3) is 11.1 Å². The van der Waals surface area contributed by atoms with Crippen LogP contribution in [0.4, 0.5) is 0 Å². The fraction of sp³-hybridized carbons (Fsp3) is 0.435. The van der Waals surface area contributed by atoms with Gasteiger partial charge in [-0.15, -0.1) is 0 Å². The number of benzene rings is 2. The van der Waals surface area contributed by atoms with Gasteiger partial charge in [-0.2, -0.15) is 0 Å². The van der Waals surface area contributed by atoms with Crippen molar-refractivity contribution < 1.29 is 4.74 Å². The molecule has 2 N–H and O–H groups in total. The average Bonchev–Trinajstić information content (AvgIpc) is 2.96. The smallest absolute Gasteiger partial charge is 0.191 e. The van der Waals surface area contributed by atoms with Gasteiger partial charge in [-0.05, 0) is 60.1 Å². The van der Waals surface area contributed by atoms with Gasteiger partial charge in [0.15, 0.2) is 5.96 Å². The second-order valence-corrected chi connectivity index (χ2v) is 9.04. The number of guanidine groups is 1. The Hall–Kier alpha value is -2.04. The first-order chi connectivity index (χ1) is 13.5. The monoisotopic (exact) mass is 395 g/mol. The molecule has 5 rings (SSSR count). The van der Waals surface area contributed by atoms with E-state index in [1.54, 1.807) is 0 Å². The zero-order valence-electron chi connectivity index (χ0n) is 16.4. The van der Waals surface area contributed by atoms with E-state index in [2.05, 4.69) is 29.2 Å². The summed E-state index contributed by atoms with van der Waals surface area (Å²) in [4.78, 5) is 7.22. The highest BCUT2D eigenvalue weighted by Gasteiger charge is 2.62. The van der Waals surface area contributed by atoms with E-state index >= 15 is 0 Å². The van der Waals surface area contributed by atoms with Crippen LogP contribution in [-0.4, -0.2) is 43.2 Å². The molecule has 0 aromatic heterocycles. The van der Waals surface area contributed by atoms with Crippen LogP contribution in [0.3, 0.4) is 0 Å². The third-order valence-electron chi connectivity index (χ3n) is 7.17. The molecule has 2 aliphatic carbocycles. The van der Waals surface area contributed by atoms with Crippen molar-refractivity contribution in [1.29, 1.82) is 0 Å². The van der Waals surface area contributed by atoms with E-state index in [1.807, 2.05) is 32.4 Å². The molecule has 2 aromatic rings. The minimum atomic E-state index is -0.145. The Morgan fingerprint density at radius 3 is 2.82 bits per heavy atom. The number of nitrogens with two attached hydrogens (primary N) is 1. The summed E-state index contributed by atoms with van der Waals surface area (Å²) in [7, 11) is 3.88. The molecule has 0 amide bonds. The van der Waals surface area contributed by atoms with Crippen LogP contribution in [0.2, 0.25) is 5.02 Å². The molecular weight excluding hydrogens is 370 g/mol. The first-order valence-electron chi connectivity index (χ1n) is 9.95. The second-order valence-electron chi connectivity index (χ2n) is 8.60. The molecule has 2 aromatic carbocycles. The zero-order valence-corrected chi connectivity index (χ0v) is 17.2. The number of ether oxygens (including phenoxy) is 1. The van der Waals surface area contributed by atoms with Crippen LogP contribution >= 0.6 is 11.6 Å². The van der Waals surface area contributed by atoms with Gasteiger partial charge in [0.05, 0.1) is 11.6 Å². The lowest BCUT2D eigenvalue weighted by atomic mass is 9.59. The van der Waals surface area contributed by atoms with Crippen molar-refractivity contribution in [3.63, 3.8) is 0 Å². The lowest BCUT2D eigenvalue weighted by Gasteiger charge is -2.54. The number of rotatable bonds is 2. The average molecular weight is 396 g/mol. The Balaban J connectivity index is 1.69. The number of halogens is 1. The predicted octanol–water partition coefficient (Wildman–Crippen LogP) is 4.00. The SMILES string of the molecule is COC1CCC23Cc4ccc(-c5cccc(Cl)c5)cc4C2(C1)CN(C)C(N)=N3. The number of fused-ring (bicyclic) bond motifs is 1. The van der Waals surface area contributed by atoms with E-state index in [-0.39, 0.29) is 17.1 Å². The highest BCUT2D eigenvalue weighted by atomic mass is 35.5. The summed E-state index contributed by atoms with van der Waals surface area (Å²) in [6.07, 6.45) is 4.26. The number of methoxy groups -OCH3 is 1. The lowest BCUT2D eigenvalue weighted by Crippen LogP contribution is -2.63. The number of likely N-dealkylation sites (N-methyl/N-ethyl adjacent to an activating group) is 1. The van der Waals surface area contributed by atoms with Gasteiger partial charge in [0.25, 0.3) is 0 Å². The predicted molar refractivity (Wildman–Crippen MR) is 114 cm³/mol. The Morgan fingerprint density at radius 2 is 2.04 bits per heavy atom. The quantitative estimate of drug-likeness (QED) is 0.836. The van der Waals surface area contributed by atoms with Crippen LogP contribution < -0.4 is 5.73 Å². The number of hydrogen-bond donors (Lipinski definition) is 1. The Morgan fingerprint density at radius 1 is 1.21 bits per heavy atom. The van der Waals surface area contributed by atoms with Gasteiger partial charge >= 0.3 is 0 Å². The van der Waals surface area contributed by atoms with Crippen molar-refractivity contribution in [2.24, 2.45) is 10.7 Å². The molecule has 1 aliphatic heterocycles. The Kier molecular flexibility index (Phi) is 4.01. The molecule has 28 heavy (non-hydrogen) atoms. The molecule has 1 heterocycles. The highest BCUT2D eigenvalue weighted by molar-refractivity contribution is 6.30. The molecule has 0 bridgehead atoms. The van der Waals surface area contributed by atoms with Crippen LogP contribution in [-0.2, 0) is 16.6 Å². The van der Waals surface area contributed by atoms with Crippen LogP contribution in [0, 0.1) is 0 Å². The van der Waals surface area contributed by atoms with Gasteiger partial charge in [-0.3, -0.25) is 0 Å². The molecule has 0 spiro atoms. The van der Waals surface area contributed by atoms with Crippen molar-refractivity contribution in [3.05, 3.63) is 58.6 Å². The maximum Gasteiger partial charge on any atom is 0.191 e. The summed E-state index contributed by atoms with van der Waals surface area (Å²) in [5, 5.41) is 0.761. The van der Waals surface area contributed by atoms with E-state index in [4.69, 9.17) is 27.1 Å². The molecule has 1 saturated carbocycles. The second kappa shape index (κ2) is 6.23.